The lowest BCUT2D eigenvalue weighted by Gasteiger charge is -2.18. The SMILES string of the molecule is CCCCOC(=O)c1ccc(NC(=O)CSc2ncnc3sc4c(c23)CCC(C)C4)cc1. The zero-order valence-corrected chi connectivity index (χ0v) is 20.0. The third kappa shape index (κ3) is 5.30. The summed E-state index contributed by atoms with van der Waals surface area (Å²) in [5.74, 6) is 0.509. The predicted octanol–water partition coefficient (Wildman–Crippen LogP) is 5.50. The largest absolute Gasteiger partial charge is 0.462 e. The number of nitrogens with zero attached hydrogens (tertiary/aromatic N) is 2. The third-order valence-corrected chi connectivity index (χ3v) is 7.68. The average molecular weight is 470 g/mol. The number of amides is 1. The smallest absolute Gasteiger partial charge is 0.338 e. The maximum absolute atomic E-state index is 12.5. The lowest BCUT2D eigenvalue weighted by Crippen LogP contribution is -2.14. The van der Waals surface area contributed by atoms with E-state index in [-0.39, 0.29) is 17.6 Å². The number of unbranched alkanes of at least 4 members (excludes halogenated alkanes) is 1. The van der Waals surface area contributed by atoms with Gasteiger partial charge in [-0.2, -0.15) is 0 Å². The Balaban J connectivity index is 1.36. The van der Waals surface area contributed by atoms with Crippen molar-refractivity contribution in [3.05, 3.63) is 46.6 Å². The first-order valence-electron chi connectivity index (χ1n) is 11.0. The van der Waals surface area contributed by atoms with Crippen molar-refractivity contribution in [1.29, 1.82) is 0 Å². The normalized spacial score (nSPS) is 15.4. The molecule has 0 spiro atoms. The Labute approximate surface area is 196 Å². The summed E-state index contributed by atoms with van der Waals surface area (Å²) in [4.78, 5) is 35.9. The molecule has 168 valence electrons. The second-order valence-corrected chi connectivity index (χ2v) is 10.2. The van der Waals surface area contributed by atoms with Gasteiger partial charge >= 0.3 is 5.97 Å². The number of benzene rings is 1. The number of fused-ring (bicyclic) bond motifs is 3. The van der Waals surface area contributed by atoms with Gasteiger partial charge in [0.05, 0.1) is 17.9 Å². The minimum atomic E-state index is -0.340. The van der Waals surface area contributed by atoms with E-state index >= 15 is 0 Å². The number of esters is 1. The Bertz CT molecular complexity index is 1110. The summed E-state index contributed by atoms with van der Waals surface area (Å²) < 4.78 is 5.21. The monoisotopic (exact) mass is 469 g/mol. The van der Waals surface area contributed by atoms with E-state index in [0.717, 1.165) is 40.9 Å². The van der Waals surface area contributed by atoms with Gasteiger partial charge in [0.2, 0.25) is 5.91 Å². The van der Waals surface area contributed by atoms with E-state index in [1.165, 1.54) is 28.6 Å². The number of hydrogen-bond donors (Lipinski definition) is 1. The lowest BCUT2D eigenvalue weighted by atomic mass is 9.89. The predicted molar refractivity (Wildman–Crippen MR) is 130 cm³/mol. The second-order valence-electron chi connectivity index (χ2n) is 8.11. The molecule has 0 fully saturated rings. The topological polar surface area (TPSA) is 81.2 Å². The molecule has 6 nitrogen and oxygen atoms in total. The summed E-state index contributed by atoms with van der Waals surface area (Å²) in [6.07, 6.45) is 6.75. The molecule has 1 N–H and O–H groups in total. The first-order chi connectivity index (χ1) is 15.5. The molecule has 1 atom stereocenters. The molecule has 0 radical (unpaired) electrons. The highest BCUT2D eigenvalue weighted by atomic mass is 32.2. The van der Waals surface area contributed by atoms with Gasteiger partial charge in [-0.15, -0.1) is 11.3 Å². The summed E-state index contributed by atoms with van der Waals surface area (Å²) in [7, 11) is 0. The van der Waals surface area contributed by atoms with Crippen LogP contribution in [0.2, 0.25) is 0 Å². The molecule has 2 heterocycles. The number of rotatable bonds is 8. The van der Waals surface area contributed by atoms with Crippen molar-refractivity contribution >= 4 is 50.9 Å². The van der Waals surface area contributed by atoms with Crippen LogP contribution in [0.1, 0.15) is 53.9 Å². The second kappa shape index (κ2) is 10.4. The Morgan fingerprint density at radius 2 is 2.06 bits per heavy atom. The number of carbonyl (C=O) groups excluding carboxylic acids is 2. The van der Waals surface area contributed by atoms with Crippen molar-refractivity contribution in [2.45, 2.75) is 51.0 Å². The van der Waals surface area contributed by atoms with Gasteiger partial charge in [-0.3, -0.25) is 4.79 Å². The van der Waals surface area contributed by atoms with Crippen LogP contribution in [0.4, 0.5) is 5.69 Å². The zero-order valence-electron chi connectivity index (χ0n) is 18.3. The first kappa shape index (κ1) is 22.7. The molecule has 4 rings (SSSR count). The summed E-state index contributed by atoms with van der Waals surface area (Å²) in [5.41, 5.74) is 2.50. The number of nitrogens with one attached hydrogen (secondary N) is 1. The highest BCUT2D eigenvalue weighted by molar-refractivity contribution is 8.00. The number of ether oxygens (including phenoxy) is 1. The fourth-order valence-electron chi connectivity index (χ4n) is 3.77. The standard InChI is InChI=1S/C24H27N3O3S2/c1-3-4-11-30-24(29)16-6-8-17(9-7-16)27-20(28)13-31-22-21-18-10-5-15(2)12-19(18)32-23(21)26-14-25-22/h6-9,14-15H,3-5,10-13H2,1-2H3,(H,27,28). The number of thiophene rings is 1. The van der Waals surface area contributed by atoms with E-state index in [1.807, 2.05) is 6.92 Å². The van der Waals surface area contributed by atoms with Crippen molar-refractivity contribution in [3.8, 4) is 0 Å². The van der Waals surface area contributed by atoms with E-state index in [9.17, 15) is 9.59 Å². The molecule has 1 amide bonds. The first-order valence-corrected chi connectivity index (χ1v) is 12.8. The molecule has 32 heavy (non-hydrogen) atoms. The lowest BCUT2D eigenvalue weighted by molar-refractivity contribution is -0.113. The highest BCUT2D eigenvalue weighted by Crippen LogP contribution is 2.40. The minimum absolute atomic E-state index is 0.113. The molecule has 0 saturated carbocycles. The van der Waals surface area contributed by atoms with Crippen LogP contribution in [0.5, 0.6) is 0 Å². The Hall–Kier alpha value is -2.45. The number of thioether (sulfide) groups is 1. The van der Waals surface area contributed by atoms with Gasteiger partial charge < -0.3 is 10.1 Å². The number of aromatic nitrogens is 2. The molecule has 0 aliphatic heterocycles. The van der Waals surface area contributed by atoms with Crippen molar-refractivity contribution in [2.75, 3.05) is 17.7 Å². The quantitative estimate of drug-likeness (QED) is 0.203. The maximum atomic E-state index is 12.5. The molecule has 1 unspecified atom stereocenters. The van der Waals surface area contributed by atoms with Gasteiger partial charge in [-0.05, 0) is 61.4 Å². The van der Waals surface area contributed by atoms with Crippen molar-refractivity contribution < 1.29 is 14.3 Å². The average Bonchev–Trinajstić information content (AvgIpc) is 3.16. The third-order valence-electron chi connectivity index (χ3n) is 5.53. The van der Waals surface area contributed by atoms with Gasteiger partial charge in [0.15, 0.2) is 0 Å². The number of anilines is 1. The van der Waals surface area contributed by atoms with Gasteiger partial charge in [-0.25, -0.2) is 14.8 Å². The van der Waals surface area contributed by atoms with Crippen molar-refractivity contribution in [3.63, 3.8) is 0 Å². The number of aryl methyl sites for hydroxylation is 1. The van der Waals surface area contributed by atoms with Gasteiger partial charge in [0.25, 0.3) is 0 Å². The fourth-order valence-corrected chi connectivity index (χ4v) is 6.01. The molecule has 1 aliphatic carbocycles. The fraction of sp³-hybridized carbons (Fsp3) is 0.417. The molecule has 1 aromatic carbocycles. The summed E-state index contributed by atoms with van der Waals surface area (Å²) >= 11 is 3.21. The number of carbonyl (C=O) groups is 2. The van der Waals surface area contributed by atoms with E-state index in [1.54, 1.807) is 41.9 Å². The maximum Gasteiger partial charge on any atom is 0.338 e. The van der Waals surface area contributed by atoms with Gasteiger partial charge in [0.1, 0.15) is 16.2 Å². The van der Waals surface area contributed by atoms with Crippen LogP contribution in [0.25, 0.3) is 10.2 Å². The van der Waals surface area contributed by atoms with Crippen LogP contribution < -0.4 is 5.32 Å². The van der Waals surface area contributed by atoms with E-state index in [2.05, 4.69) is 22.2 Å². The molecule has 0 saturated heterocycles. The van der Waals surface area contributed by atoms with Gasteiger partial charge in [-0.1, -0.05) is 32.0 Å². The zero-order chi connectivity index (χ0) is 22.5. The van der Waals surface area contributed by atoms with E-state index in [4.69, 9.17) is 4.74 Å². The molecule has 8 heteroatoms. The Morgan fingerprint density at radius 1 is 1.25 bits per heavy atom. The molecule has 1 aliphatic rings. The van der Waals surface area contributed by atoms with E-state index < -0.39 is 0 Å². The molecule has 0 bridgehead atoms. The molecule has 3 aromatic rings. The summed E-state index contributed by atoms with van der Waals surface area (Å²) in [6.45, 7) is 4.76. The van der Waals surface area contributed by atoms with Crippen LogP contribution in [0.15, 0.2) is 35.6 Å². The van der Waals surface area contributed by atoms with Crippen LogP contribution in [0, 0.1) is 5.92 Å². The minimum Gasteiger partial charge on any atom is -0.462 e. The van der Waals surface area contributed by atoms with Crippen LogP contribution in [0.3, 0.4) is 0 Å². The highest BCUT2D eigenvalue weighted by Gasteiger charge is 2.23. The Kier molecular flexibility index (Phi) is 7.42. The van der Waals surface area contributed by atoms with Crippen LogP contribution in [-0.4, -0.2) is 34.2 Å². The van der Waals surface area contributed by atoms with E-state index in [0.29, 0.717) is 23.8 Å². The van der Waals surface area contributed by atoms with Crippen molar-refractivity contribution in [1.82, 2.24) is 9.97 Å². The molecular formula is C24H27N3O3S2. The van der Waals surface area contributed by atoms with Gasteiger partial charge in [0, 0.05) is 16.0 Å². The number of hydrogen-bond acceptors (Lipinski definition) is 7. The van der Waals surface area contributed by atoms with Crippen molar-refractivity contribution in [2.24, 2.45) is 5.92 Å². The summed E-state index contributed by atoms with van der Waals surface area (Å²) in [5, 5.41) is 4.89. The Morgan fingerprint density at radius 3 is 2.84 bits per heavy atom. The molecule has 2 aromatic heterocycles. The molecular weight excluding hydrogens is 442 g/mol. The van der Waals surface area contributed by atoms with Crippen LogP contribution >= 0.6 is 23.1 Å². The summed E-state index contributed by atoms with van der Waals surface area (Å²) in [6, 6.07) is 6.78. The van der Waals surface area contributed by atoms with Crippen LogP contribution in [-0.2, 0) is 22.4 Å².